The van der Waals surface area contributed by atoms with E-state index in [0.717, 1.165) is 16.8 Å². The number of aliphatic hydroxyl groups is 1. The van der Waals surface area contributed by atoms with Gasteiger partial charge in [0, 0.05) is 24.0 Å². The van der Waals surface area contributed by atoms with Gasteiger partial charge in [0.1, 0.15) is 6.04 Å². The highest BCUT2D eigenvalue weighted by Gasteiger charge is 2.76. The smallest absolute Gasteiger partial charge is 0.308 e. The van der Waals surface area contributed by atoms with Gasteiger partial charge in [-0.15, -0.1) is 18.3 Å². The molecule has 1 spiro atoms. The molecule has 3 fully saturated rings. The fourth-order valence-corrected chi connectivity index (χ4v) is 8.43. The molecule has 0 aromatic heterocycles. The average Bonchev–Trinajstić information content (AvgIpc) is 3.32. The van der Waals surface area contributed by atoms with Crippen molar-refractivity contribution in [2.24, 2.45) is 17.8 Å². The van der Waals surface area contributed by atoms with Crippen LogP contribution in [0.4, 0.5) is 5.69 Å². The van der Waals surface area contributed by atoms with Crippen molar-refractivity contribution in [3.63, 3.8) is 0 Å². The number of aliphatic hydroxyl groups excluding tert-OH is 1. The van der Waals surface area contributed by atoms with Crippen molar-refractivity contribution in [3.8, 4) is 0 Å². The Morgan fingerprint density at radius 2 is 2.09 bits per heavy atom. The molecule has 3 saturated heterocycles. The number of fused-ring (bicyclic) bond motifs is 1. The van der Waals surface area contributed by atoms with Crippen LogP contribution in [0.25, 0.3) is 0 Å². The number of carbonyl (C=O) groups is 3. The highest BCUT2D eigenvalue weighted by Crippen LogP contribution is 2.68. The van der Waals surface area contributed by atoms with Gasteiger partial charge >= 0.3 is 5.97 Å². The minimum Gasteiger partial charge on any atom is -0.481 e. The largest absolute Gasteiger partial charge is 0.481 e. The highest BCUT2D eigenvalue weighted by molar-refractivity contribution is 8.02. The summed E-state index contributed by atoms with van der Waals surface area (Å²) in [4.78, 5) is 43.0. The predicted octanol–water partition coefficient (Wildman–Crippen LogP) is 2.24. The first kappa shape index (κ1) is 22.9. The van der Waals surface area contributed by atoms with Gasteiger partial charge in [-0.3, -0.25) is 14.4 Å². The lowest BCUT2D eigenvalue weighted by Gasteiger charge is -2.40. The number of β-amino-alcohol motifs (C(OH)–C–C–N with tert-alkyl or cyclic N) is 1. The summed E-state index contributed by atoms with van der Waals surface area (Å²) in [5.41, 5.74) is 2.69. The molecule has 3 aliphatic rings. The molecule has 3 unspecified atom stereocenters. The molecule has 6 atom stereocenters. The van der Waals surface area contributed by atoms with E-state index in [0.29, 0.717) is 6.42 Å². The van der Waals surface area contributed by atoms with Crippen LogP contribution in [0.15, 0.2) is 30.9 Å². The van der Waals surface area contributed by atoms with Crippen LogP contribution in [0, 0.1) is 31.6 Å². The number of hydrogen-bond donors (Lipinski definition) is 2. The lowest BCUT2D eigenvalue weighted by Crippen LogP contribution is -2.57. The Bertz CT molecular complexity index is 981. The van der Waals surface area contributed by atoms with Gasteiger partial charge in [-0.2, -0.15) is 0 Å². The summed E-state index contributed by atoms with van der Waals surface area (Å²) in [6.07, 6.45) is 2.32. The molecule has 8 heteroatoms. The van der Waals surface area contributed by atoms with Crippen LogP contribution in [0.2, 0.25) is 0 Å². The van der Waals surface area contributed by atoms with E-state index >= 15 is 0 Å². The molecule has 0 saturated carbocycles. The number of amides is 2. The van der Waals surface area contributed by atoms with Crippen LogP contribution in [-0.2, 0) is 14.4 Å². The number of likely N-dealkylation sites (tertiary alicyclic amines) is 1. The number of hydrogen-bond acceptors (Lipinski definition) is 5. The number of rotatable bonds is 7. The van der Waals surface area contributed by atoms with E-state index in [1.54, 1.807) is 11.0 Å². The first-order valence-electron chi connectivity index (χ1n) is 11.0. The Balaban J connectivity index is 1.84. The van der Waals surface area contributed by atoms with Crippen molar-refractivity contribution < 1.29 is 24.6 Å². The molecule has 1 aromatic carbocycles. The zero-order chi connectivity index (χ0) is 23.4. The molecule has 4 rings (SSSR count). The SMILES string of the molecule is C=CCN(C(=O)C1N(CCO)C(=O)[C@@H]2[C@H](C(=O)O)[C@@H]3CC(C)C12S3)c1cc(C)ccc1C. The summed E-state index contributed by atoms with van der Waals surface area (Å²) in [6, 6.07) is 5.05. The molecule has 3 heterocycles. The fourth-order valence-electron chi connectivity index (χ4n) is 6.02. The zero-order valence-electron chi connectivity index (χ0n) is 18.7. The standard InChI is InChI=1S/C24H30N2O5S/c1-5-8-25(16-11-13(2)6-7-14(16)3)22(29)20-24-15(4)12-17(32-24)18(23(30)31)19(24)21(28)26(20)9-10-27/h5-7,11,15,17-20,27H,1,8-10,12H2,2-4H3,(H,30,31)/t15?,17-,18+,19-,20?,24?/m0/s1. The van der Waals surface area contributed by atoms with Crippen LogP contribution in [-0.4, -0.2) is 68.6 Å². The van der Waals surface area contributed by atoms with Gasteiger partial charge in [0.2, 0.25) is 5.91 Å². The average molecular weight is 459 g/mol. The molecular formula is C24H30N2O5S. The molecular weight excluding hydrogens is 428 g/mol. The maximum absolute atomic E-state index is 14.2. The van der Waals surface area contributed by atoms with Gasteiger partial charge in [0.15, 0.2) is 0 Å². The van der Waals surface area contributed by atoms with Gasteiger partial charge in [-0.1, -0.05) is 25.1 Å². The molecule has 2 amide bonds. The summed E-state index contributed by atoms with van der Waals surface area (Å²) in [5, 5.41) is 19.4. The van der Waals surface area contributed by atoms with Crippen LogP contribution < -0.4 is 4.90 Å². The van der Waals surface area contributed by atoms with Crippen LogP contribution in [0.3, 0.4) is 0 Å². The Morgan fingerprint density at radius 1 is 1.38 bits per heavy atom. The van der Waals surface area contributed by atoms with Crippen LogP contribution in [0.5, 0.6) is 0 Å². The van der Waals surface area contributed by atoms with Gasteiger partial charge in [-0.25, -0.2) is 0 Å². The van der Waals surface area contributed by atoms with E-state index in [1.165, 1.54) is 16.7 Å². The predicted molar refractivity (Wildman–Crippen MR) is 124 cm³/mol. The summed E-state index contributed by atoms with van der Waals surface area (Å²) >= 11 is 1.50. The van der Waals surface area contributed by atoms with Crippen LogP contribution in [0.1, 0.15) is 24.5 Å². The van der Waals surface area contributed by atoms with E-state index in [2.05, 4.69) is 6.58 Å². The second kappa shape index (κ2) is 8.23. The number of carboxylic acid groups (broad SMARTS) is 1. The minimum atomic E-state index is -0.982. The quantitative estimate of drug-likeness (QED) is 0.608. The van der Waals surface area contributed by atoms with Crippen molar-refractivity contribution in [1.82, 2.24) is 4.90 Å². The molecule has 2 N–H and O–H groups in total. The number of benzene rings is 1. The van der Waals surface area contributed by atoms with Crippen molar-refractivity contribution >= 4 is 35.2 Å². The van der Waals surface area contributed by atoms with Gasteiger partial charge in [0.05, 0.1) is 23.2 Å². The third-order valence-electron chi connectivity index (χ3n) is 7.34. The molecule has 0 aliphatic carbocycles. The van der Waals surface area contributed by atoms with Crippen molar-refractivity contribution in [1.29, 1.82) is 0 Å². The molecule has 172 valence electrons. The number of carbonyl (C=O) groups excluding carboxylic acids is 2. The van der Waals surface area contributed by atoms with E-state index in [9.17, 15) is 24.6 Å². The molecule has 7 nitrogen and oxygen atoms in total. The maximum atomic E-state index is 14.2. The number of aliphatic carboxylic acids is 1. The lowest BCUT2D eigenvalue weighted by atomic mass is 9.66. The Kier molecular flexibility index (Phi) is 5.88. The monoisotopic (exact) mass is 458 g/mol. The number of aryl methyl sites for hydroxylation is 2. The normalized spacial score (nSPS) is 32.8. The van der Waals surface area contributed by atoms with Gasteiger partial charge in [-0.05, 0) is 43.4 Å². The summed E-state index contributed by atoms with van der Waals surface area (Å²) in [7, 11) is 0. The number of anilines is 1. The fraction of sp³-hybridized carbons (Fsp3) is 0.542. The summed E-state index contributed by atoms with van der Waals surface area (Å²) in [5.74, 6) is -3.12. The van der Waals surface area contributed by atoms with Gasteiger partial charge in [0.25, 0.3) is 5.91 Å². The number of carboxylic acids is 1. The van der Waals surface area contributed by atoms with Crippen molar-refractivity contribution in [2.45, 2.75) is 43.2 Å². The number of nitrogens with zero attached hydrogens (tertiary/aromatic N) is 2. The molecule has 2 bridgehead atoms. The zero-order valence-corrected chi connectivity index (χ0v) is 19.5. The Morgan fingerprint density at radius 3 is 2.72 bits per heavy atom. The van der Waals surface area contributed by atoms with E-state index < -0.39 is 28.6 Å². The first-order valence-corrected chi connectivity index (χ1v) is 11.9. The second-order valence-electron chi connectivity index (χ2n) is 9.17. The number of thioether (sulfide) groups is 1. The maximum Gasteiger partial charge on any atom is 0.308 e. The third kappa shape index (κ3) is 3.10. The molecule has 32 heavy (non-hydrogen) atoms. The third-order valence-corrected chi connectivity index (χ3v) is 9.41. The minimum absolute atomic E-state index is 0.00359. The summed E-state index contributed by atoms with van der Waals surface area (Å²) in [6.45, 7) is 9.72. The summed E-state index contributed by atoms with van der Waals surface area (Å²) < 4.78 is -0.811. The second-order valence-corrected chi connectivity index (χ2v) is 10.7. The highest BCUT2D eigenvalue weighted by atomic mass is 32.2. The van der Waals surface area contributed by atoms with Gasteiger partial charge < -0.3 is 20.0 Å². The Hall–Kier alpha value is -2.32. The van der Waals surface area contributed by atoms with Crippen molar-refractivity contribution in [3.05, 3.63) is 42.0 Å². The van der Waals surface area contributed by atoms with E-state index in [-0.39, 0.29) is 42.7 Å². The Labute approximate surface area is 192 Å². The lowest BCUT2D eigenvalue weighted by molar-refractivity contribution is -0.149. The van der Waals surface area contributed by atoms with E-state index in [4.69, 9.17) is 0 Å². The topological polar surface area (TPSA) is 98.2 Å². The van der Waals surface area contributed by atoms with Crippen molar-refractivity contribution in [2.75, 3.05) is 24.6 Å². The first-order chi connectivity index (χ1) is 15.2. The van der Waals surface area contributed by atoms with Crippen LogP contribution >= 0.6 is 11.8 Å². The molecule has 1 aromatic rings. The molecule has 3 aliphatic heterocycles. The van der Waals surface area contributed by atoms with E-state index in [1.807, 2.05) is 39.0 Å². The molecule has 0 radical (unpaired) electrons.